The monoisotopic (exact) mass is 733 g/mol. The number of hydrogen-bond donors (Lipinski definition) is 3. The number of piperazine rings is 1. The molecular weight excluding hydrogens is 698 g/mol. The van der Waals surface area contributed by atoms with Crippen molar-refractivity contribution in [1.82, 2.24) is 30.4 Å². The Bertz CT molecular complexity index is 2140. The number of aliphatic hydroxyl groups excluding tert-OH is 1. The van der Waals surface area contributed by atoms with Crippen LogP contribution in [0.5, 0.6) is 5.75 Å². The summed E-state index contributed by atoms with van der Waals surface area (Å²) in [4.78, 5) is 25.6. The van der Waals surface area contributed by atoms with E-state index in [1.807, 2.05) is 84.3 Å². The number of carbonyl (C=O) groups excluding carboxylic acids is 1. The second kappa shape index (κ2) is 16.3. The van der Waals surface area contributed by atoms with Crippen LogP contribution in [0.3, 0.4) is 0 Å². The number of nitrogens with zero attached hydrogens (tertiary/aromatic N) is 5. The predicted molar refractivity (Wildman–Crippen MR) is 201 cm³/mol. The van der Waals surface area contributed by atoms with Crippen LogP contribution in [0.25, 0.3) is 28.7 Å². The zero-order chi connectivity index (χ0) is 35.9. The number of halogens is 1. The summed E-state index contributed by atoms with van der Waals surface area (Å²) in [6.07, 6.45) is 1.43. The zero-order valence-electron chi connectivity index (χ0n) is 28.1. The summed E-state index contributed by atoms with van der Waals surface area (Å²) in [5, 5.41) is 18.7. The molecule has 7 rings (SSSR count). The van der Waals surface area contributed by atoms with E-state index in [0.29, 0.717) is 43.0 Å². The van der Waals surface area contributed by atoms with Crippen molar-refractivity contribution in [1.29, 1.82) is 0 Å². The van der Waals surface area contributed by atoms with Crippen LogP contribution in [0.2, 0.25) is 5.02 Å². The third-order valence-corrected chi connectivity index (χ3v) is 9.74. The number of amides is 1. The maximum Gasteiger partial charge on any atom is 0.278 e. The fourth-order valence-corrected chi connectivity index (χ4v) is 6.83. The minimum Gasteiger partial charge on any atom is -0.489 e. The predicted octanol–water partition coefficient (Wildman–Crippen LogP) is 6.15. The molecule has 1 unspecified atom stereocenters. The smallest absolute Gasteiger partial charge is 0.278 e. The molecule has 1 aliphatic rings. The molecule has 0 spiro atoms. The van der Waals surface area contributed by atoms with Crippen LogP contribution in [0.1, 0.15) is 27.6 Å². The van der Waals surface area contributed by atoms with Crippen LogP contribution >= 0.6 is 22.9 Å². The van der Waals surface area contributed by atoms with E-state index >= 15 is 0 Å². The average Bonchev–Trinajstić information content (AvgIpc) is 3.85. The van der Waals surface area contributed by atoms with Crippen molar-refractivity contribution in [2.75, 3.05) is 19.6 Å². The average molecular weight is 734 g/mol. The number of hydrazine groups is 1. The molecule has 1 aliphatic heterocycles. The molecule has 13 heteroatoms. The summed E-state index contributed by atoms with van der Waals surface area (Å²) in [5.74, 6) is 6.31. The van der Waals surface area contributed by atoms with Gasteiger partial charge >= 0.3 is 0 Å². The van der Waals surface area contributed by atoms with Gasteiger partial charge in [-0.25, -0.2) is 10.8 Å². The van der Waals surface area contributed by atoms with Crippen molar-refractivity contribution in [3.05, 3.63) is 147 Å². The number of thiazole rings is 1. The third kappa shape index (κ3) is 8.73. The lowest BCUT2D eigenvalue weighted by atomic mass is 10.1. The van der Waals surface area contributed by atoms with Crippen LogP contribution in [0.15, 0.2) is 119 Å². The van der Waals surface area contributed by atoms with E-state index in [2.05, 4.69) is 38.6 Å². The first-order valence-corrected chi connectivity index (χ1v) is 17.9. The summed E-state index contributed by atoms with van der Waals surface area (Å²) >= 11 is 7.61. The maximum absolute atomic E-state index is 12.2. The van der Waals surface area contributed by atoms with Gasteiger partial charge in [0.15, 0.2) is 6.23 Å². The Morgan fingerprint density at radius 2 is 1.79 bits per heavy atom. The van der Waals surface area contributed by atoms with Gasteiger partial charge in [0.1, 0.15) is 12.4 Å². The molecule has 0 aliphatic carbocycles. The fraction of sp³-hybridized carbons (Fsp3) is 0.179. The van der Waals surface area contributed by atoms with Crippen molar-refractivity contribution < 1.29 is 19.2 Å². The van der Waals surface area contributed by atoms with Gasteiger partial charge < -0.3 is 19.3 Å². The molecule has 4 N–H and O–H groups in total. The molecule has 52 heavy (non-hydrogen) atoms. The van der Waals surface area contributed by atoms with Crippen LogP contribution in [0.4, 0.5) is 0 Å². The van der Waals surface area contributed by atoms with Gasteiger partial charge in [0.2, 0.25) is 11.7 Å². The van der Waals surface area contributed by atoms with E-state index in [-0.39, 0.29) is 6.54 Å². The Labute approximate surface area is 309 Å². The topological polar surface area (TPSA) is 143 Å². The summed E-state index contributed by atoms with van der Waals surface area (Å²) in [6, 6.07) is 33.5. The van der Waals surface area contributed by atoms with Crippen molar-refractivity contribution in [2.24, 2.45) is 5.84 Å². The normalized spacial score (nSPS) is 14.8. The maximum atomic E-state index is 12.2. The Hall–Kier alpha value is -5.37. The Morgan fingerprint density at radius 1 is 0.981 bits per heavy atom. The molecule has 1 amide bonds. The van der Waals surface area contributed by atoms with Gasteiger partial charge in [-0.1, -0.05) is 89.6 Å². The molecule has 2 aromatic heterocycles. The van der Waals surface area contributed by atoms with Gasteiger partial charge in [-0.05, 0) is 53.1 Å². The number of benzene rings is 4. The lowest BCUT2D eigenvalue weighted by Crippen LogP contribution is -2.54. The summed E-state index contributed by atoms with van der Waals surface area (Å²) in [7, 11) is 0. The zero-order valence-corrected chi connectivity index (χ0v) is 29.6. The number of nitrogens with two attached hydrogens (primary N) is 1. The van der Waals surface area contributed by atoms with Crippen molar-refractivity contribution >= 4 is 34.9 Å². The molecule has 6 aromatic rings. The van der Waals surface area contributed by atoms with E-state index in [1.54, 1.807) is 28.4 Å². The summed E-state index contributed by atoms with van der Waals surface area (Å²) in [6.45, 7) is 1.94. The highest BCUT2D eigenvalue weighted by molar-refractivity contribution is 7.10. The molecule has 3 heterocycles. The highest BCUT2D eigenvalue weighted by atomic mass is 35.5. The number of hydrogen-bond acceptors (Lipinski definition) is 11. The van der Waals surface area contributed by atoms with Gasteiger partial charge in [-0.15, -0.1) is 11.3 Å². The number of aliphatic hydroxyl groups is 1. The lowest BCUT2D eigenvalue weighted by molar-refractivity contribution is -0.140. The van der Waals surface area contributed by atoms with Crippen molar-refractivity contribution in [3.8, 4) is 28.4 Å². The number of rotatable bonds is 12. The van der Waals surface area contributed by atoms with Crippen molar-refractivity contribution in [2.45, 2.75) is 25.8 Å². The third-order valence-electron chi connectivity index (χ3n) is 8.64. The van der Waals surface area contributed by atoms with Gasteiger partial charge in [0.05, 0.1) is 17.2 Å². The van der Waals surface area contributed by atoms with Gasteiger partial charge in [-0.3, -0.25) is 15.1 Å². The first kappa shape index (κ1) is 35.1. The second-order valence-corrected chi connectivity index (χ2v) is 13.7. The van der Waals surface area contributed by atoms with Crippen LogP contribution in [-0.4, -0.2) is 61.8 Å². The minimum atomic E-state index is -1.39. The first-order valence-electron chi connectivity index (χ1n) is 16.7. The molecule has 264 valence electrons. The molecule has 4 aromatic carbocycles. The highest BCUT2D eigenvalue weighted by Crippen LogP contribution is 2.27. The number of aromatic nitrogens is 3. The fourth-order valence-electron chi connectivity index (χ4n) is 5.87. The minimum absolute atomic E-state index is 0.289. The molecule has 1 saturated heterocycles. The molecule has 1 fully saturated rings. The summed E-state index contributed by atoms with van der Waals surface area (Å²) in [5.41, 5.74) is 8.78. The van der Waals surface area contributed by atoms with Crippen LogP contribution in [-0.2, 0) is 24.4 Å². The molecule has 0 bridgehead atoms. The molecule has 0 saturated carbocycles. The van der Waals surface area contributed by atoms with Gasteiger partial charge in [-0.2, -0.15) is 4.98 Å². The number of ether oxygens (including phenoxy) is 1. The van der Waals surface area contributed by atoms with E-state index in [9.17, 15) is 9.90 Å². The Morgan fingerprint density at radius 3 is 2.58 bits per heavy atom. The second-order valence-electron chi connectivity index (χ2n) is 12.3. The number of nitrogens with one attached hydrogen (secondary N) is 1. The van der Waals surface area contributed by atoms with Gasteiger partial charge in [0.25, 0.3) is 5.91 Å². The SMILES string of the molecule is NNC(=O)C(O)N1CCN(Cc2nc(-c3ccc(COc4ccc(Cl)cc4)cc3)no2)C(=Cc2cccc(-c3csc(Cc4ccccc4)n3)c2)C1. The van der Waals surface area contributed by atoms with Crippen LogP contribution in [0, 0.1) is 0 Å². The van der Waals surface area contributed by atoms with Crippen LogP contribution < -0.4 is 16.0 Å². The largest absolute Gasteiger partial charge is 0.489 e. The van der Waals surface area contributed by atoms with E-state index in [0.717, 1.165) is 50.8 Å². The molecular formula is C39H36ClN7O4S. The quantitative estimate of drug-likeness (QED) is 0.0762. The standard InChI is InChI=1S/C39H36ClN7O4S/c40-31-13-15-33(16-14-31)50-24-27-9-11-29(12-10-27)37-43-35(51-45-37)23-46-17-18-47(39(49)38(48)44-41)22-32(46)20-28-7-4-8-30(19-28)34-25-52-36(42-34)21-26-5-2-1-3-6-26/h1-16,19-20,25,39,49H,17-18,21-24,41H2,(H,44,48). The van der Waals surface area contributed by atoms with E-state index < -0.39 is 12.1 Å². The Balaban J connectivity index is 1.07. The van der Waals surface area contributed by atoms with E-state index in [4.69, 9.17) is 31.7 Å². The first-order chi connectivity index (χ1) is 25.4. The summed E-state index contributed by atoms with van der Waals surface area (Å²) < 4.78 is 11.6. The number of carbonyl (C=O) groups is 1. The lowest BCUT2D eigenvalue weighted by Gasteiger charge is -2.39. The Kier molecular flexibility index (Phi) is 11.0. The molecule has 0 radical (unpaired) electrons. The van der Waals surface area contributed by atoms with Gasteiger partial charge in [0, 0.05) is 53.3 Å². The van der Waals surface area contributed by atoms with Crippen molar-refractivity contribution in [3.63, 3.8) is 0 Å². The molecule has 1 atom stereocenters. The van der Waals surface area contributed by atoms with E-state index in [1.165, 1.54) is 5.56 Å². The molecule has 11 nitrogen and oxygen atoms in total. The highest BCUT2D eigenvalue weighted by Gasteiger charge is 2.30.